The lowest BCUT2D eigenvalue weighted by Gasteiger charge is -2.17. The van der Waals surface area contributed by atoms with Gasteiger partial charge in [0.2, 0.25) is 11.7 Å². The first kappa shape index (κ1) is 15.4. The Morgan fingerprint density at radius 3 is 2.96 bits per heavy atom. The fourth-order valence-corrected chi connectivity index (χ4v) is 3.01. The number of hydrazine groups is 1. The van der Waals surface area contributed by atoms with Gasteiger partial charge < -0.3 is 14.8 Å². The number of rotatable bonds is 4. The van der Waals surface area contributed by atoms with Gasteiger partial charge in [-0.15, -0.1) is 0 Å². The topological polar surface area (TPSA) is 108 Å². The predicted octanol–water partition coefficient (Wildman–Crippen LogP) is 1.40. The Labute approximate surface area is 142 Å². The van der Waals surface area contributed by atoms with E-state index in [9.17, 15) is 14.7 Å². The number of ether oxygens (including phenoxy) is 1. The minimum absolute atomic E-state index is 0.0242. The zero-order valence-corrected chi connectivity index (χ0v) is 13.3. The molecule has 0 aliphatic carbocycles. The van der Waals surface area contributed by atoms with Crippen LogP contribution in [0.15, 0.2) is 41.7 Å². The highest BCUT2D eigenvalue weighted by Crippen LogP contribution is 2.28. The lowest BCUT2D eigenvalue weighted by atomic mass is 10.1. The maximum absolute atomic E-state index is 12.5. The van der Waals surface area contributed by atoms with Crippen molar-refractivity contribution < 1.29 is 19.4 Å². The monoisotopic (exact) mass is 340 g/mol. The van der Waals surface area contributed by atoms with E-state index in [2.05, 4.69) is 15.4 Å². The quantitative estimate of drug-likeness (QED) is 0.570. The van der Waals surface area contributed by atoms with E-state index in [4.69, 9.17) is 4.74 Å². The number of nitrogens with one attached hydrogen (secondary N) is 2. The number of carboxylic acids is 1. The van der Waals surface area contributed by atoms with Crippen LogP contribution in [0.2, 0.25) is 0 Å². The molecule has 0 radical (unpaired) electrons. The van der Waals surface area contributed by atoms with Crippen molar-refractivity contribution in [2.24, 2.45) is 0 Å². The van der Waals surface area contributed by atoms with Crippen LogP contribution in [0, 0.1) is 0 Å². The molecule has 3 N–H and O–H groups in total. The molecule has 0 amide bonds. The highest BCUT2D eigenvalue weighted by molar-refractivity contribution is 6.26. The highest BCUT2D eigenvalue weighted by Gasteiger charge is 2.37. The molecule has 8 nitrogen and oxygen atoms in total. The molecule has 0 saturated carbocycles. The van der Waals surface area contributed by atoms with Crippen molar-refractivity contribution in [3.63, 3.8) is 0 Å². The maximum Gasteiger partial charge on any atom is 0.345 e. The van der Waals surface area contributed by atoms with Gasteiger partial charge in [-0.05, 0) is 31.1 Å². The van der Waals surface area contributed by atoms with E-state index in [1.54, 1.807) is 18.5 Å². The number of Topliss-reactive ketones (excluding diaryl/α,β-unsaturated/α-hetero) is 1. The van der Waals surface area contributed by atoms with Gasteiger partial charge in [0.25, 0.3) is 0 Å². The molecule has 2 aliphatic heterocycles. The first-order valence-electron chi connectivity index (χ1n) is 7.99. The van der Waals surface area contributed by atoms with Crippen molar-refractivity contribution in [3.05, 3.63) is 47.3 Å². The summed E-state index contributed by atoms with van der Waals surface area (Å²) in [4.78, 5) is 31.2. The van der Waals surface area contributed by atoms with Crippen LogP contribution in [0.1, 0.15) is 18.4 Å². The largest absolute Gasteiger partial charge is 0.477 e. The Kier molecular flexibility index (Phi) is 3.73. The number of fused-ring (bicyclic) bond motifs is 1. The molecule has 4 heterocycles. The van der Waals surface area contributed by atoms with Gasteiger partial charge >= 0.3 is 5.97 Å². The van der Waals surface area contributed by atoms with Crippen molar-refractivity contribution >= 4 is 28.9 Å². The molecule has 0 bridgehead atoms. The molecule has 2 aromatic rings. The molecule has 1 fully saturated rings. The molecule has 0 atom stereocenters. The van der Waals surface area contributed by atoms with Crippen LogP contribution in [0.4, 0.5) is 0 Å². The second kappa shape index (κ2) is 6.06. The van der Waals surface area contributed by atoms with Gasteiger partial charge in [-0.2, -0.15) is 0 Å². The first-order chi connectivity index (χ1) is 12.1. The van der Waals surface area contributed by atoms with E-state index in [1.807, 2.05) is 11.1 Å². The molecule has 128 valence electrons. The Hall–Kier alpha value is -3.13. The third kappa shape index (κ3) is 2.76. The van der Waals surface area contributed by atoms with Crippen LogP contribution in [0.5, 0.6) is 0 Å². The minimum atomic E-state index is -1.31. The van der Waals surface area contributed by atoms with E-state index in [1.165, 1.54) is 6.08 Å². The van der Waals surface area contributed by atoms with Crippen LogP contribution in [0.3, 0.4) is 0 Å². The fourth-order valence-electron chi connectivity index (χ4n) is 3.01. The number of carbonyl (C=O) groups is 2. The number of carboxylic acid groups (broad SMARTS) is 1. The van der Waals surface area contributed by atoms with Gasteiger partial charge in [0.15, 0.2) is 11.3 Å². The van der Waals surface area contributed by atoms with E-state index in [-0.39, 0.29) is 17.2 Å². The lowest BCUT2D eigenvalue weighted by molar-refractivity contribution is -0.134. The zero-order chi connectivity index (χ0) is 17.4. The maximum atomic E-state index is 12.5. The van der Waals surface area contributed by atoms with Crippen LogP contribution in [0.25, 0.3) is 17.1 Å². The number of pyridine rings is 1. The number of allylic oxidation sites excluding steroid dienone is 1. The van der Waals surface area contributed by atoms with Gasteiger partial charge in [-0.1, -0.05) is 0 Å². The number of aromatic nitrogens is 2. The van der Waals surface area contributed by atoms with Gasteiger partial charge in [-0.3, -0.25) is 10.2 Å². The molecule has 0 aromatic carbocycles. The Morgan fingerprint density at radius 1 is 1.40 bits per heavy atom. The number of hydrogen-bond donors (Lipinski definition) is 3. The molecule has 25 heavy (non-hydrogen) atoms. The summed E-state index contributed by atoms with van der Waals surface area (Å²) in [5.74, 6) is -2.00. The average molecular weight is 340 g/mol. The summed E-state index contributed by atoms with van der Waals surface area (Å²) in [6.07, 6.45) is 6.93. The number of carbonyl (C=O) groups excluding carboxylic acids is 1. The van der Waals surface area contributed by atoms with Crippen LogP contribution in [-0.4, -0.2) is 44.9 Å². The Morgan fingerprint density at radius 2 is 2.20 bits per heavy atom. The molecular weight excluding hydrogens is 324 g/mol. The van der Waals surface area contributed by atoms with Gasteiger partial charge in [0, 0.05) is 36.4 Å². The number of aromatic amines is 1. The van der Waals surface area contributed by atoms with Crippen LogP contribution >= 0.6 is 0 Å². The van der Waals surface area contributed by atoms with Crippen molar-refractivity contribution in [1.82, 2.24) is 20.4 Å². The summed E-state index contributed by atoms with van der Waals surface area (Å²) in [6, 6.07) is 3.65. The summed E-state index contributed by atoms with van der Waals surface area (Å²) in [6.45, 7) is 1.56. The summed E-state index contributed by atoms with van der Waals surface area (Å²) in [5, 5.41) is 12.1. The van der Waals surface area contributed by atoms with E-state index < -0.39 is 11.8 Å². The zero-order valence-electron chi connectivity index (χ0n) is 13.3. The Bertz CT molecular complexity index is 922. The van der Waals surface area contributed by atoms with Crippen molar-refractivity contribution in [1.29, 1.82) is 0 Å². The van der Waals surface area contributed by atoms with Crippen LogP contribution < -0.4 is 5.43 Å². The molecule has 0 spiro atoms. The molecule has 4 rings (SSSR count). The first-order valence-corrected chi connectivity index (χ1v) is 7.99. The SMILES string of the molecule is O=C(O)C1=C(NN2CCCC2)O/C(=C\c2c[nH]c3ncccc23)C1=O. The molecule has 0 unspecified atom stereocenters. The van der Waals surface area contributed by atoms with E-state index >= 15 is 0 Å². The highest BCUT2D eigenvalue weighted by atomic mass is 16.5. The van der Waals surface area contributed by atoms with E-state index in [0.717, 1.165) is 31.3 Å². The fraction of sp³-hybridized carbons (Fsp3) is 0.235. The standard InChI is InChI=1S/C17H16N4O4/c22-14-12(8-10-9-19-15-11(10)4-3-5-18-15)25-16(13(14)17(23)24)20-21-6-1-2-7-21/h3-5,8-9,20H,1-2,6-7H2,(H,18,19)(H,23,24)/b12-8-. The van der Waals surface area contributed by atoms with Gasteiger partial charge in [0.05, 0.1) is 0 Å². The average Bonchev–Trinajstić information content (AvgIpc) is 3.30. The van der Waals surface area contributed by atoms with Crippen molar-refractivity contribution in [2.75, 3.05) is 13.1 Å². The Balaban J connectivity index is 1.66. The summed E-state index contributed by atoms with van der Waals surface area (Å²) in [5.41, 5.74) is 3.92. The minimum Gasteiger partial charge on any atom is -0.477 e. The van der Waals surface area contributed by atoms with Gasteiger partial charge in [-0.25, -0.2) is 14.8 Å². The number of H-pyrrole nitrogens is 1. The summed E-state index contributed by atoms with van der Waals surface area (Å²) < 4.78 is 5.56. The number of hydrogen-bond acceptors (Lipinski definition) is 6. The molecule has 8 heteroatoms. The van der Waals surface area contributed by atoms with Crippen LogP contribution in [-0.2, 0) is 14.3 Å². The molecule has 2 aromatic heterocycles. The third-order valence-electron chi connectivity index (χ3n) is 4.24. The number of aliphatic carboxylic acids is 1. The normalized spacial score (nSPS) is 19.8. The smallest absolute Gasteiger partial charge is 0.345 e. The summed E-state index contributed by atoms with van der Waals surface area (Å²) in [7, 11) is 0. The molecule has 1 saturated heterocycles. The van der Waals surface area contributed by atoms with Crippen molar-refractivity contribution in [3.8, 4) is 0 Å². The van der Waals surface area contributed by atoms with Gasteiger partial charge in [0.1, 0.15) is 5.65 Å². The summed E-state index contributed by atoms with van der Waals surface area (Å²) >= 11 is 0. The van der Waals surface area contributed by atoms with E-state index in [0.29, 0.717) is 11.2 Å². The third-order valence-corrected chi connectivity index (χ3v) is 4.24. The van der Waals surface area contributed by atoms with Crippen molar-refractivity contribution in [2.45, 2.75) is 12.8 Å². The predicted molar refractivity (Wildman–Crippen MR) is 88.8 cm³/mol. The lowest BCUT2D eigenvalue weighted by Crippen LogP contribution is -2.35. The molecular formula is C17H16N4O4. The number of nitrogens with zero attached hydrogens (tertiary/aromatic N) is 2. The molecule has 2 aliphatic rings. The second-order valence-electron chi connectivity index (χ2n) is 5.90. The second-order valence-corrected chi connectivity index (χ2v) is 5.90. The number of ketones is 1.